The number of carbonyl (C=O) groups is 1. The highest BCUT2D eigenvalue weighted by molar-refractivity contribution is 6.32. The number of hydrogen-bond acceptors (Lipinski definition) is 5. The lowest BCUT2D eigenvalue weighted by Crippen LogP contribution is -2.48. The molecular formula is C19H16ClN3O3. The van der Waals surface area contributed by atoms with Crippen LogP contribution in [0.1, 0.15) is 25.0 Å². The molecule has 0 saturated carbocycles. The average molecular weight is 370 g/mol. The van der Waals surface area contributed by atoms with E-state index >= 15 is 0 Å². The van der Waals surface area contributed by atoms with E-state index in [-0.39, 0.29) is 5.91 Å². The summed E-state index contributed by atoms with van der Waals surface area (Å²) in [5.41, 5.74) is 2.84. The molecule has 0 aliphatic carbocycles. The summed E-state index contributed by atoms with van der Waals surface area (Å²) in [7, 11) is 0. The van der Waals surface area contributed by atoms with Gasteiger partial charge in [-0.2, -0.15) is 5.26 Å². The molecular weight excluding hydrogens is 354 g/mol. The summed E-state index contributed by atoms with van der Waals surface area (Å²) in [6, 6.07) is 14.2. The van der Waals surface area contributed by atoms with Gasteiger partial charge in [-0.15, -0.1) is 5.10 Å². The van der Waals surface area contributed by atoms with E-state index in [0.29, 0.717) is 34.4 Å². The fourth-order valence-corrected chi connectivity index (χ4v) is 2.51. The highest BCUT2D eigenvalue weighted by Crippen LogP contribution is 2.31. The number of nitriles is 1. The zero-order valence-electron chi connectivity index (χ0n) is 14.2. The molecule has 0 spiro atoms. The highest BCUT2D eigenvalue weighted by atomic mass is 35.5. The minimum atomic E-state index is -0.972. The zero-order valence-corrected chi connectivity index (χ0v) is 15.0. The third kappa shape index (κ3) is 3.95. The van der Waals surface area contributed by atoms with Gasteiger partial charge in [0, 0.05) is 0 Å². The number of ether oxygens (including phenoxy) is 2. The summed E-state index contributed by atoms with van der Waals surface area (Å²) < 4.78 is 11.4. The van der Waals surface area contributed by atoms with E-state index in [9.17, 15) is 4.79 Å². The van der Waals surface area contributed by atoms with Crippen molar-refractivity contribution in [3.8, 4) is 17.6 Å². The van der Waals surface area contributed by atoms with Crippen LogP contribution in [0.4, 0.5) is 0 Å². The molecule has 6 nitrogen and oxygen atoms in total. The molecule has 0 atom stereocenters. The molecule has 1 aliphatic rings. The SMILES string of the molecule is CC1(C)OC(Cc2ccc(Cl)c(Oc3cccc(C#N)c3)c2)=NNC1=O. The van der Waals surface area contributed by atoms with Crippen LogP contribution in [0.15, 0.2) is 47.6 Å². The largest absolute Gasteiger partial charge is 0.463 e. The average Bonchev–Trinajstić information content (AvgIpc) is 2.61. The number of benzene rings is 2. The Bertz CT molecular complexity index is 932. The predicted molar refractivity (Wildman–Crippen MR) is 97.1 cm³/mol. The Kier molecular flexibility index (Phi) is 4.83. The summed E-state index contributed by atoms with van der Waals surface area (Å²) >= 11 is 6.22. The number of amides is 1. The molecule has 0 bridgehead atoms. The lowest BCUT2D eigenvalue weighted by Gasteiger charge is -2.28. The van der Waals surface area contributed by atoms with E-state index in [1.54, 1.807) is 50.2 Å². The second-order valence-electron chi connectivity index (χ2n) is 6.24. The quantitative estimate of drug-likeness (QED) is 0.888. The molecule has 1 amide bonds. The first-order valence-corrected chi connectivity index (χ1v) is 8.27. The van der Waals surface area contributed by atoms with Gasteiger partial charge in [0.25, 0.3) is 5.91 Å². The van der Waals surface area contributed by atoms with Crippen molar-refractivity contribution in [3.05, 3.63) is 58.6 Å². The Morgan fingerprint density at radius 1 is 1.31 bits per heavy atom. The van der Waals surface area contributed by atoms with Crippen LogP contribution >= 0.6 is 11.6 Å². The van der Waals surface area contributed by atoms with Crippen LogP contribution in [0, 0.1) is 11.3 Å². The summed E-state index contributed by atoms with van der Waals surface area (Å²) in [4.78, 5) is 11.7. The third-order valence-electron chi connectivity index (χ3n) is 3.74. The van der Waals surface area contributed by atoms with Gasteiger partial charge >= 0.3 is 0 Å². The Morgan fingerprint density at radius 3 is 2.85 bits per heavy atom. The molecule has 1 heterocycles. The molecule has 132 valence electrons. The van der Waals surface area contributed by atoms with E-state index in [2.05, 4.69) is 16.6 Å². The van der Waals surface area contributed by atoms with Crippen molar-refractivity contribution >= 4 is 23.4 Å². The molecule has 2 aromatic carbocycles. The highest BCUT2D eigenvalue weighted by Gasteiger charge is 2.34. The first kappa shape index (κ1) is 17.8. The molecule has 1 N–H and O–H groups in total. The Labute approximate surface area is 156 Å². The third-order valence-corrected chi connectivity index (χ3v) is 4.06. The monoisotopic (exact) mass is 369 g/mol. The number of hydrazone groups is 1. The molecule has 0 fully saturated rings. The van der Waals surface area contributed by atoms with E-state index in [1.807, 2.05) is 6.07 Å². The van der Waals surface area contributed by atoms with Crippen molar-refractivity contribution in [3.63, 3.8) is 0 Å². The number of rotatable bonds is 4. The van der Waals surface area contributed by atoms with Gasteiger partial charge in [0.2, 0.25) is 5.90 Å². The molecule has 26 heavy (non-hydrogen) atoms. The van der Waals surface area contributed by atoms with Crippen LogP contribution in [-0.2, 0) is 16.0 Å². The molecule has 7 heteroatoms. The van der Waals surface area contributed by atoms with Crippen molar-refractivity contribution in [1.82, 2.24) is 5.43 Å². The minimum absolute atomic E-state index is 0.293. The van der Waals surface area contributed by atoms with Crippen molar-refractivity contribution in [2.24, 2.45) is 5.10 Å². The first-order valence-electron chi connectivity index (χ1n) is 7.90. The fraction of sp³-hybridized carbons (Fsp3) is 0.211. The van der Waals surface area contributed by atoms with Gasteiger partial charge in [0.15, 0.2) is 5.60 Å². The van der Waals surface area contributed by atoms with Crippen LogP contribution < -0.4 is 10.2 Å². The van der Waals surface area contributed by atoms with Crippen molar-refractivity contribution < 1.29 is 14.3 Å². The van der Waals surface area contributed by atoms with E-state index < -0.39 is 5.60 Å². The molecule has 0 unspecified atom stereocenters. The maximum atomic E-state index is 11.7. The van der Waals surface area contributed by atoms with Crippen LogP contribution in [0.3, 0.4) is 0 Å². The first-order chi connectivity index (χ1) is 12.4. The van der Waals surface area contributed by atoms with Gasteiger partial charge in [-0.3, -0.25) is 4.79 Å². The second kappa shape index (κ2) is 7.06. The maximum Gasteiger partial charge on any atom is 0.283 e. The van der Waals surface area contributed by atoms with Crippen LogP contribution in [-0.4, -0.2) is 17.4 Å². The van der Waals surface area contributed by atoms with Gasteiger partial charge in [0.1, 0.15) is 11.5 Å². The minimum Gasteiger partial charge on any atom is -0.463 e. The predicted octanol–water partition coefficient (Wildman–Crippen LogP) is 3.78. The molecule has 3 rings (SSSR count). The lowest BCUT2D eigenvalue weighted by atomic mass is 10.1. The summed E-state index contributed by atoms with van der Waals surface area (Å²) in [5.74, 6) is 1.08. The Balaban J connectivity index is 1.80. The summed E-state index contributed by atoms with van der Waals surface area (Å²) in [6.07, 6.45) is 0.371. The van der Waals surface area contributed by atoms with Gasteiger partial charge in [-0.1, -0.05) is 23.7 Å². The van der Waals surface area contributed by atoms with Gasteiger partial charge < -0.3 is 9.47 Å². The number of hydrogen-bond donors (Lipinski definition) is 1. The van der Waals surface area contributed by atoms with Crippen molar-refractivity contribution in [2.45, 2.75) is 25.9 Å². The molecule has 0 radical (unpaired) electrons. The fourth-order valence-electron chi connectivity index (χ4n) is 2.35. The number of carbonyl (C=O) groups excluding carboxylic acids is 1. The lowest BCUT2D eigenvalue weighted by molar-refractivity contribution is -0.137. The normalized spacial score (nSPS) is 15.3. The summed E-state index contributed by atoms with van der Waals surface area (Å²) in [6.45, 7) is 3.35. The van der Waals surface area contributed by atoms with Crippen LogP contribution in [0.25, 0.3) is 0 Å². The van der Waals surface area contributed by atoms with Gasteiger partial charge in [-0.05, 0) is 49.7 Å². The molecule has 2 aromatic rings. The maximum absolute atomic E-state index is 11.7. The smallest absolute Gasteiger partial charge is 0.283 e. The Hall–Kier alpha value is -3.04. The van der Waals surface area contributed by atoms with Gasteiger partial charge in [0.05, 0.1) is 23.1 Å². The summed E-state index contributed by atoms with van der Waals surface area (Å²) in [5, 5.41) is 13.4. The van der Waals surface area contributed by atoms with E-state index in [1.165, 1.54) is 0 Å². The van der Waals surface area contributed by atoms with E-state index in [4.69, 9.17) is 26.3 Å². The number of nitrogens with zero attached hydrogens (tertiary/aromatic N) is 2. The molecule has 0 saturated heterocycles. The Morgan fingerprint density at radius 2 is 2.12 bits per heavy atom. The molecule has 1 aliphatic heterocycles. The van der Waals surface area contributed by atoms with E-state index in [0.717, 1.165) is 5.56 Å². The second-order valence-corrected chi connectivity index (χ2v) is 6.65. The van der Waals surface area contributed by atoms with Crippen LogP contribution in [0.2, 0.25) is 5.02 Å². The number of nitrogens with one attached hydrogen (secondary N) is 1. The zero-order chi connectivity index (χ0) is 18.7. The van der Waals surface area contributed by atoms with Gasteiger partial charge in [-0.25, -0.2) is 5.43 Å². The topological polar surface area (TPSA) is 83.7 Å². The standard InChI is InChI=1S/C19H16ClN3O3/c1-19(2)18(24)23-22-17(26-19)10-12-6-7-15(20)16(9-12)25-14-5-3-4-13(8-14)11-21/h3-9H,10H2,1-2H3,(H,23,24). The molecule has 0 aromatic heterocycles. The van der Waals surface area contributed by atoms with Crippen molar-refractivity contribution in [2.75, 3.05) is 0 Å². The number of halogens is 1. The van der Waals surface area contributed by atoms with Crippen LogP contribution in [0.5, 0.6) is 11.5 Å². The van der Waals surface area contributed by atoms with Crippen molar-refractivity contribution in [1.29, 1.82) is 5.26 Å².